The second-order valence-electron chi connectivity index (χ2n) is 5.49. The molecular formula is C13H22N2O5Si. The van der Waals surface area contributed by atoms with E-state index in [1.54, 1.807) is 6.92 Å². The maximum Gasteiger partial charge on any atom is 0.330 e. The quantitative estimate of drug-likeness (QED) is 0.591. The van der Waals surface area contributed by atoms with Crippen LogP contribution in [0.2, 0.25) is 19.1 Å². The van der Waals surface area contributed by atoms with Gasteiger partial charge in [-0.2, -0.15) is 0 Å². The lowest BCUT2D eigenvalue weighted by molar-refractivity contribution is -0.140. The summed E-state index contributed by atoms with van der Waals surface area (Å²) in [6, 6.07) is 1.62. The molecule has 1 atom stereocenters. The number of hydrogen-bond acceptors (Lipinski definition) is 5. The van der Waals surface area contributed by atoms with Crippen molar-refractivity contribution in [3.05, 3.63) is 33.1 Å². The van der Waals surface area contributed by atoms with Gasteiger partial charge >= 0.3 is 11.7 Å². The average Bonchev–Trinajstić information content (AvgIpc) is 2.36. The van der Waals surface area contributed by atoms with Crippen LogP contribution in [0, 0.1) is 0 Å². The summed E-state index contributed by atoms with van der Waals surface area (Å²) in [5.74, 6) is -0.217. The van der Waals surface area contributed by atoms with E-state index in [-0.39, 0.29) is 18.4 Å². The van der Waals surface area contributed by atoms with E-state index < -0.39 is 19.3 Å². The van der Waals surface area contributed by atoms with Crippen molar-refractivity contribution in [2.45, 2.75) is 45.4 Å². The minimum absolute atomic E-state index is 0.0377. The molecule has 118 valence electrons. The van der Waals surface area contributed by atoms with Crippen LogP contribution in [0.15, 0.2) is 21.9 Å². The molecule has 0 amide bonds. The molecule has 0 saturated heterocycles. The molecule has 0 aliphatic carbocycles. The van der Waals surface area contributed by atoms with Crippen LogP contribution in [-0.2, 0) is 21.0 Å². The summed E-state index contributed by atoms with van der Waals surface area (Å²) in [6.07, 6.45) is 1.38. The number of nitrogens with zero attached hydrogens (tertiary/aromatic N) is 1. The highest BCUT2D eigenvalue weighted by atomic mass is 28.3. The fraction of sp³-hybridized carbons (Fsp3) is 0.615. The normalized spacial score (nSPS) is 13.0. The first-order valence-corrected chi connectivity index (χ1v) is 10.1. The van der Waals surface area contributed by atoms with Crippen molar-refractivity contribution < 1.29 is 14.3 Å². The molecule has 1 heterocycles. The Morgan fingerprint density at radius 1 is 1.43 bits per heavy atom. The van der Waals surface area contributed by atoms with Gasteiger partial charge in [0.1, 0.15) is 6.73 Å². The van der Waals surface area contributed by atoms with Crippen LogP contribution in [0.3, 0.4) is 0 Å². The Morgan fingerprint density at radius 2 is 2.10 bits per heavy atom. The summed E-state index contributed by atoms with van der Waals surface area (Å²) < 4.78 is 11.9. The molecule has 7 nitrogen and oxygen atoms in total. The molecule has 1 aromatic heterocycles. The largest absolute Gasteiger partial charge is 0.466 e. The third kappa shape index (κ3) is 5.31. The van der Waals surface area contributed by atoms with Crippen molar-refractivity contribution in [2.75, 3.05) is 6.61 Å². The van der Waals surface area contributed by atoms with Gasteiger partial charge in [0.25, 0.3) is 5.56 Å². The van der Waals surface area contributed by atoms with Gasteiger partial charge in [-0.05, 0) is 13.8 Å². The number of carbonyl (C=O) groups is 1. The van der Waals surface area contributed by atoms with E-state index in [1.165, 1.54) is 16.8 Å². The molecule has 0 saturated carbocycles. The molecule has 0 aromatic carbocycles. The van der Waals surface area contributed by atoms with Crippen LogP contribution >= 0.6 is 0 Å². The molecule has 0 bridgehead atoms. The van der Waals surface area contributed by atoms with Gasteiger partial charge < -0.3 is 9.47 Å². The van der Waals surface area contributed by atoms with Gasteiger partial charge in [-0.15, -0.1) is 0 Å². The van der Waals surface area contributed by atoms with Crippen LogP contribution in [0.1, 0.15) is 13.8 Å². The van der Waals surface area contributed by atoms with Crippen LogP contribution in [0.25, 0.3) is 0 Å². The Kier molecular flexibility index (Phi) is 6.10. The molecule has 1 aromatic rings. The van der Waals surface area contributed by atoms with Gasteiger partial charge in [-0.3, -0.25) is 19.1 Å². The maximum absolute atomic E-state index is 11.6. The fourth-order valence-corrected chi connectivity index (χ4v) is 3.35. The van der Waals surface area contributed by atoms with Crippen LogP contribution in [0.4, 0.5) is 0 Å². The van der Waals surface area contributed by atoms with Crippen molar-refractivity contribution >= 4 is 14.0 Å². The fourth-order valence-electron chi connectivity index (χ4n) is 1.69. The summed E-state index contributed by atoms with van der Waals surface area (Å²) in [5.41, 5.74) is -1.10. The summed E-state index contributed by atoms with van der Waals surface area (Å²) in [7, 11) is -1.97. The number of H-pyrrole nitrogens is 1. The minimum atomic E-state index is -1.97. The number of carbonyl (C=O) groups excluding carboxylic acids is 1. The Labute approximate surface area is 123 Å². The molecule has 8 heteroatoms. The Hall–Kier alpha value is -1.67. The molecule has 0 aliphatic heterocycles. The minimum Gasteiger partial charge on any atom is -0.466 e. The van der Waals surface area contributed by atoms with Gasteiger partial charge in [0, 0.05) is 24.0 Å². The van der Waals surface area contributed by atoms with E-state index in [2.05, 4.69) is 4.98 Å². The van der Waals surface area contributed by atoms with Crippen molar-refractivity contribution in [3.63, 3.8) is 0 Å². The van der Waals surface area contributed by atoms with E-state index >= 15 is 0 Å². The van der Waals surface area contributed by atoms with Crippen LogP contribution in [-0.4, -0.2) is 35.9 Å². The van der Waals surface area contributed by atoms with Crippen molar-refractivity contribution in [1.82, 2.24) is 9.55 Å². The third-order valence-electron chi connectivity index (χ3n) is 3.37. The molecule has 0 radical (unpaired) electrons. The highest BCUT2D eigenvalue weighted by Gasteiger charge is 2.32. The van der Waals surface area contributed by atoms with Crippen molar-refractivity contribution in [2.24, 2.45) is 0 Å². The number of ether oxygens (including phenoxy) is 2. The van der Waals surface area contributed by atoms with Gasteiger partial charge in [-0.25, -0.2) is 4.79 Å². The average molecular weight is 314 g/mol. The number of nitrogens with one attached hydrogen (secondary N) is 1. The standard InChI is InChI=1S/C13H22N2O5Si/c1-5-19-12(17)8-21(3,4)10(2)20-9-15-7-6-11(16)14-13(15)18/h6-7,10H,5,8-9H2,1-4H3,(H,14,16,18). The van der Waals surface area contributed by atoms with Crippen LogP contribution < -0.4 is 11.2 Å². The topological polar surface area (TPSA) is 90.4 Å². The zero-order valence-corrected chi connectivity index (χ0v) is 13.8. The first kappa shape index (κ1) is 17.4. The lowest BCUT2D eigenvalue weighted by Crippen LogP contribution is -2.44. The molecule has 0 aliphatic rings. The molecule has 0 spiro atoms. The lowest BCUT2D eigenvalue weighted by Gasteiger charge is -2.28. The Balaban J connectivity index is 2.63. The zero-order valence-electron chi connectivity index (χ0n) is 12.8. The van der Waals surface area contributed by atoms with E-state index in [0.29, 0.717) is 12.7 Å². The summed E-state index contributed by atoms with van der Waals surface area (Å²) in [5, 5.41) is 0. The van der Waals surface area contributed by atoms with Gasteiger partial charge in [0.05, 0.1) is 14.7 Å². The number of aromatic nitrogens is 2. The number of esters is 1. The summed E-state index contributed by atoms with van der Waals surface area (Å²) in [6.45, 7) is 8.13. The first-order chi connectivity index (χ1) is 9.76. The summed E-state index contributed by atoms with van der Waals surface area (Å²) >= 11 is 0. The third-order valence-corrected chi connectivity index (χ3v) is 6.93. The second-order valence-corrected chi connectivity index (χ2v) is 10.6. The van der Waals surface area contributed by atoms with Gasteiger partial charge in [0.2, 0.25) is 0 Å². The highest BCUT2D eigenvalue weighted by Crippen LogP contribution is 2.18. The smallest absolute Gasteiger partial charge is 0.330 e. The number of hydrogen-bond donors (Lipinski definition) is 1. The van der Waals surface area contributed by atoms with E-state index in [9.17, 15) is 14.4 Å². The molecular weight excluding hydrogens is 292 g/mol. The lowest BCUT2D eigenvalue weighted by atomic mass is 10.6. The monoisotopic (exact) mass is 314 g/mol. The predicted octanol–water partition coefficient (Wildman–Crippen LogP) is 0.710. The zero-order chi connectivity index (χ0) is 16.0. The molecule has 1 unspecified atom stereocenters. The number of aromatic amines is 1. The predicted molar refractivity (Wildman–Crippen MR) is 80.8 cm³/mol. The number of rotatable bonds is 7. The van der Waals surface area contributed by atoms with E-state index in [4.69, 9.17) is 9.47 Å². The van der Waals surface area contributed by atoms with Crippen LogP contribution in [0.5, 0.6) is 0 Å². The maximum atomic E-state index is 11.6. The Bertz CT molecular complexity index is 593. The van der Waals surface area contributed by atoms with Crippen molar-refractivity contribution in [1.29, 1.82) is 0 Å². The Morgan fingerprint density at radius 3 is 2.67 bits per heavy atom. The SMILES string of the molecule is CCOC(=O)C[Si](C)(C)C(C)OCn1ccc(=O)[nH]c1=O. The molecule has 1 N–H and O–H groups in total. The molecule has 1 rings (SSSR count). The van der Waals surface area contributed by atoms with E-state index in [1.807, 2.05) is 20.0 Å². The molecule has 0 fully saturated rings. The second kappa shape index (κ2) is 7.37. The first-order valence-electron chi connectivity index (χ1n) is 6.83. The highest BCUT2D eigenvalue weighted by molar-refractivity contribution is 6.80. The van der Waals surface area contributed by atoms with Crippen molar-refractivity contribution in [3.8, 4) is 0 Å². The summed E-state index contributed by atoms with van der Waals surface area (Å²) in [4.78, 5) is 36.2. The van der Waals surface area contributed by atoms with Gasteiger partial charge in [0.15, 0.2) is 0 Å². The van der Waals surface area contributed by atoms with Gasteiger partial charge in [-0.1, -0.05) is 13.1 Å². The molecule has 21 heavy (non-hydrogen) atoms. The van der Waals surface area contributed by atoms with E-state index in [0.717, 1.165) is 0 Å².